The fraction of sp³-hybridized carbons (Fsp3) is 0.944. The maximum Gasteiger partial charge on any atom is 0.220 e. The molecule has 1 amide bonds. The van der Waals surface area contributed by atoms with Crippen molar-refractivity contribution in [3.63, 3.8) is 0 Å². The summed E-state index contributed by atoms with van der Waals surface area (Å²) in [6, 6.07) is -0.799. The number of hydrogen-bond donors (Lipinski definition) is 6. The van der Waals surface area contributed by atoms with Crippen molar-refractivity contribution in [2.24, 2.45) is 0 Å². The van der Waals surface area contributed by atoms with E-state index in [9.17, 15) is 30.3 Å². The van der Waals surface area contributed by atoms with Crippen LogP contribution >= 0.6 is 0 Å². The summed E-state index contributed by atoms with van der Waals surface area (Å²) in [5.74, 6) is -0.172. The second-order valence-corrected chi connectivity index (χ2v) is 19.4. The number of unbranched alkanes of at least 4 members (excludes halogenated alkanes) is 37. The zero-order chi connectivity index (χ0) is 45.9. The smallest absolute Gasteiger partial charge is 0.220 e. The number of carbonyl (C=O) groups is 1. The Morgan fingerprint density at radius 1 is 0.524 bits per heavy atom. The molecule has 2 unspecified atom stereocenters. The summed E-state index contributed by atoms with van der Waals surface area (Å²) in [5.41, 5.74) is 0. The van der Waals surface area contributed by atoms with Crippen molar-refractivity contribution in [2.45, 2.75) is 314 Å². The van der Waals surface area contributed by atoms with E-state index in [1.807, 2.05) is 6.08 Å². The molecule has 7 atom stereocenters. The zero-order valence-electron chi connectivity index (χ0n) is 41.4. The molecule has 0 aromatic heterocycles. The average Bonchev–Trinajstić information content (AvgIpc) is 3.28. The third-order valence-corrected chi connectivity index (χ3v) is 13.4. The maximum absolute atomic E-state index is 13.0. The minimum atomic E-state index is -1.56. The Kier molecular flexibility index (Phi) is 42.6. The Morgan fingerprint density at radius 3 is 1.24 bits per heavy atom. The SMILES string of the molecule is CCCCCCCCCCCC/C=C/[C@@H](O)[C@H](CO[C@@H]1O[C@H](CO)[C@@H](O)C(O)C1O)NC(=O)CCCCCCCCCCCCCCCCCCCCCCCCCCCCCC. The molecule has 6 N–H and O–H groups in total. The Balaban J connectivity index is 2.14. The summed E-state index contributed by atoms with van der Waals surface area (Å²) in [4.78, 5) is 13.0. The Labute approximate surface area is 388 Å². The number of aliphatic hydroxyl groups is 5. The first-order chi connectivity index (χ1) is 30.8. The quantitative estimate of drug-likeness (QED) is 0.0261. The molecular weight excluding hydrogens is 791 g/mol. The number of hydrogen-bond acceptors (Lipinski definition) is 8. The van der Waals surface area contributed by atoms with Gasteiger partial charge in [0.15, 0.2) is 6.29 Å². The molecule has 0 spiro atoms. The van der Waals surface area contributed by atoms with Crippen molar-refractivity contribution >= 4 is 5.91 Å². The third kappa shape index (κ3) is 34.8. The lowest BCUT2D eigenvalue weighted by molar-refractivity contribution is -0.302. The largest absolute Gasteiger partial charge is 0.394 e. The Morgan fingerprint density at radius 2 is 0.873 bits per heavy atom. The third-order valence-electron chi connectivity index (χ3n) is 13.4. The van der Waals surface area contributed by atoms with Crippen LogP contribution in [0.15, 0.2) is 12.2 Å². The fourth-order valence-electron chi connectivity index (χ4n) is 8.98. The first kappa shape index (κ1) is 59.9. The standard InChI is InChI=1S/C54H105NO8/c1-3-5-7-9-11-13-15-17-18-19-20-21-22-23-24-25-26-27-28-29-30-31-32-34-36-38-40-42-44-50(58)55-47(46-62-54-53(61)52(60)51(59)49(45-56)63-54)48(57)43-41-39-37-35-33-16-14-12-10-8-6-4-2/h41,43,47-49,51-54,56-57,59-61H,3-40,42,44-46H2,1-2H3,(H,55,58)/b43-41+/t47-,48+,49+,51+,52?,53?,54+/m0/s1. The van der Waals surface area contributed by atoms with Crippen molar-refractivity contribution in [3.8, 4) is 0 Å². The molecule has 63 heavy (non-hydrogen) atoms. The lowest BCUT2D eigenvalue weighted by Crippen LogP contribution is -2.60. The van der Waals surface area contributed by atoms with Crippen LogP contribution in [0.2, 0.25) is 0 Å². The Hall–Kier alpha value is -1.07. The molecule has 1 aliphatic heterocycles. The van der Waals surface area contributed by atoms with Crippen LogP contribution in [0.4, 0.5) is 0 Å². The van der Waals surface area contributed by atoms with Crippen molar-refractivity contribution in [2.75, 3.05) is 13.2 Å². The molecule has 0 aromatic rings. The van der Waals surface area contributed by atoms with Gasteiger partial charge in [0.05, 0.1) is 25.4 Å². The van der Waals surface area contributed by atoms with Crippen LogP contribution in [0.3, 0.4) is 0 Å². The first-order valence-electron chi connectivity index (χ1n) is 27.4. The molecule has 0 aliphatic carbocycles. The Bertz CT molecular complexity index is 997. The molecule has 1 rings (SSSR count). The number of rotatable bonds is 47. The molecule has 9 nitrogen and oxygen atoms in total. The van der Waals surface area contributed by atoms with E-state index < -0.39 is 49.5 Å². The highest BCUT2D eigenvalue weighted by atomic mass is 16.7. The first-order valence-corrected chi connectivity index (χ1v) is 27.4. The zero-order valence-corrected chi connectivity index (χ0v) is 41.4. The molecule has 0 bridgehead atoms. The maximum atomic E-state index is 13.0. The topological polar surface area (TPSA) is 149 Å². The number of nitrogens with one attached hydrogen (secondary N) is 1. The highest BCUT2D eigenvalue weighted by Crippen LogP contribution is 2.23. The molecule has 9 heteroatoms. The van der Waals surface area contributed by atoms with Crippen molar-refractivity contribution in [3.05, 3.63) is 12.2 Å². The molecule has 1 aliphatic rings. The highest BCUT2D eigenvalue weighted by molar-refractivity contribution is 5.76. The molecule has 0 saturated carbocycles. The van der Waals surface area contributed by atoms with E-state index in [0.29, 0.717) is 6.42 Å². The van der Waals surface area contributed by atoms with Gasteiger partial charge in [0.25, 0.3) is 0 Å². The minimum Gasteiger partial charge on any atom is -0.394 e. The van der Waals surface area contributed by atoms with Gasteiger partial charge in [-0.3, -0.25) is 4.79 Å². The average molecular weight is 896 g/mol. The molecule has 1 saturated heterocycles. The summed E-state index contributed by atoms with van der Waals surface area (Å²) in [5, 5.41) is 54.3. The number of allylic oxidation sites excluding steroid dienone is 1. The molecule has 0 aromatic carbocycles. The molecule has 1 fully saturated rings. The molecule has 0 radical (unpaired) electrons. The van der Waals surface area contributed by atoms with E-state index in [0.717, 1.165) is 38.5 Å². The lowest BCUT2D eigenvalue weighted by Gasteiger charge is -2.40. The summed E-state index contributed by atoms with van der Waals surface area (Å²) in [6.45, 7) is 3.79. The number of aliphatic hydroxyl groups excluding tert-OH is 5. The predicted molar refractivity (Wildman–Crippen MR) is 263 cm³/mol. The molecule has 1 heterocycles. The van der Waals surface area contributed by atoms with Gasteiger partial charge >= 0.3 is 0 Å². The second-order valence-electron chi connectivity index (χ2n) is 19.4. The normalized spacial score (nSPS) is 20.1. The van der Waals surface area contributed by atoms with E-state index in [4.69, 9.17) is 9.47 Å². The molecule has 374 valence electrons. The van der Waals surface area contributed by atoms with Crippen molar-refractivity contribution in [1.82, 2.24) is 5.32 Å². The van der Waals surface area contributed by atoms with Gasteiger partial charge in [0.1, 0.15) is 24.4 Å². The van der Waals surface area contributed by atoms with Crippen LogP contribution in [0.1, 0.15) is 271 Å². The molecular formula is C54H105NO8. The van der Waals surface area contributed by atoms with Crippen LogP contribution in [-0.4, -0.2) is 87.5 Å². The number of carbonyl (C=O) groups excluding carboxylic acids is 1. The van der Waals surface area contributed by atoms with Gasteiger partial charge < -0.3 is 40.3 Å². The summed E-state index contributed by atoms with van der Waals surface area (Å²) in [6.07, 6.45) is 47.2. The predicted octanol–water partition coefficient (Wildman–Crippen LogP) is 12.8. The van der Waals surface area contributed by atoms with Gasteiger partial charge in [0, 0.05) is 6.42 Å². The van der Waals surface area contributed by atoms with Crippen LogP contribution in [0.25, 0.3) is 0 Å². The minimum absolute atomic E-state index is 0.172. The van der Waals surface area contributed by atoms with Gasteiger partial charge in [-0.25, -0.2) is 0 Å². The van der Waals surface area contributed by atoms with Crippen molar-refractivity contribution < 1.29 is 39.8 Å². The number of ether oxygens (including phenoxy) is 2. The van der Waals surface area contributed by atoms with Crippen LogP contribution in [0, 0.1) is 0 Å². The summed E-state index contributed by atoms with van der Waals surface area (Å²) in [7, 11) is 0. The van der Waals surface area contributed by atoms with Gasteiger partial charge in [-0.1, -0.05) is 257 Å². The van der Waals surface area contributed by atoms with Gasteiger partial charge in [0.2, 0.25) is 5.91 Å². The van der Waals surface area contributed by atoms with Gasteiger partial charge in [-0.2, -0.15) is 0 Å². The van der Waals surface area contributed by atoms with Crippen molar-refractivity contribution in [1.29, 1.82) is 0 Å². The van der Waals surface area contributed by atoms with E-state index in [-0.39, 0.29) is 12.5 Å². The van der Waals surface area contributed by atoms with Gasteiger partial charge in [-0.15, -0.1) is 0 Å². The summed E-state index contributed by atoms with van der Waals surface area (Å²) >= 11 is 0. The van der Waals surface area contributed by atoms with Crippen LogP contribution < -0.4 is 5.32 Å². The highest BCUT2D eigenvalue weighted by Gasteiger charge is 2.44. The monoisotopic (exact) mass is 896 g/mol. The van der Waals surface area contributed by atoms with Crippen LogP contribution in [-0.2, 0) is 14.3 Å². The van der Waals surface area contributed by atoms with E-state index in [2.05, 4.69) is 19.2 Å². The second kappa shape index (κ2) is 44.7. The number of amides is 1. The van der Waals surface area contributed by atoms with E-state index in [1.165, 1.54) is 212 Å². The van der Waals surface area contributed by atoms with E-state index in [1.54, 1.807) is 6.08 Å². The van der Waals surface area contributed by atoms with E-state index >= 15 is 0 Å². The lowest BCUT2D eigenvalue weighted by atomic mass is 9.99. The summed E-state index contributed by atoms with van der Waals surface area (Å²) < 4.78 is 11.2. The van der Waals surface area contributed by atoms with Crippen LogP contribution in [0.5, 0.6) is 0 Å². The van der Waals surface area contributed by atoms with Gasteiger partial charge in [-0.05, 0) is 19.3 Å². The fourth-order valence-corrected chi connectivity index (χ4v) is 8.98.